The first kappa shape index (κ1) is 23.0. The van der Waals surface area contributed by atoms with Crippen LogP contribution in [0.2, 0.25) is 10.0 Å². The van der Waals surface area contributed by atoms with Gasteiger partial charge in [-0.15, -0.1) is 0 Å². The second-order valence-electron chi connectivity index (χ2n) is 6.59. The number of ether oxygens (including phenoxy) is 1. The lowest BCUT2D eigenvalue weighted by Crippen LogP contribution is -2.12. The van der Waals surface area contributed by atoms with Crippen LogP contribution in [0, 0.1) is 20.2 Å². The number of hydrogen-bond acceptors (Lipinski definition) is 6. The van der Waals surface area contributed by atoms with Crippen LogP contribution in [0.15, 0.2) is 60.7 Å². The molecule has 0 bridgehead atoms. The molecule has 0 aliphatic heterocycles. The Kier molecular flexibility index (Phi) is 7.24. The van der Waals surface area contributed by atoms with Crippen LogP contribution in [0.4, 0.5) is 17.1 Å². The molecule has 3 rings (SSSR count). The van der Waals surface area contributed by atoms with Gasteiger partial charge in [0, 0.05) is 6.42 Å². The fraction of sp³-hybridized carbons (Fsp3) is 0.0952. The first-order valence-electron chi connectivity index (χ1n) is 9.17. The van der Waals surface area contributed by atoms with Gasteiger partial charge in [-0.25, -0.2) is 0 Å². The van der Waals surface area contributed by atoms with Crippen LogP contribution >= 0.6 is 23.2 Å². The smallest absolute Gasteiger partial charge is 0.280 e. The van der Waals surface area contributed by atoms with Gasteiger partial charge in [-0.2, -0.15) is 0 Å². The van der Waals surface area contributed by atoms with Gasteiger partial charge in [0.25, 0.3) is 11.4 Å². The molecule has 0 spiro atoms. The van der Waals surface area contributed by atoms with E-state index in [9.17, 15) is 25.0 Å². The van der Waals surface area contributed by atoms with E-state index < -0.39 is 21.2 Å². The van der Waals surface area contributed by atoms with E-state index in [1.807, 2.05) is 0 Å². The van der Waals surface area contributed by atoms with Crippen molar-refractivity contribution in [3.8, 4) is 11.5 Å². The second kappa shape index (κ2) is 10.1. The number of nitrogens with one attached hydrogen (secondary N) is 1. The van der Waals surface area contributed by atoms with E-state index in [-0.39, 0.29) is 23.1 Å². The minimum absolute atomic E-state index is 0.0311. The SMILES string of the molecule is O=C(CCc1ccc(Oc2cc([N+](=O)[O-])cc([N+](=O)[O-])c2)cc1)Nc1cccc(Cl)c1Cl. The second-order valence-corrected chi connectivity index (χ2v) is 7.38. The van der Waals surface area contributed by atoms with Crippen molar-refractivity contribution >= 4 is 46.2 Å². The molecular formula is C21H15Cl2N3O6. The molecule has 0 aliphatic rings. The average molecular weight is 476 g/mol. The number of nitro benzene ring substituents is 2. The minimum Gasteiger partial charge on any atom is -0.457 e. The third-order valence-corrected chi connectivity index (χ3v) is 5.14. The van der Waals surface area contributed by atoms with E-state index in [0.29, 0.717) is 22.9 Å². The van der Waals surface area contributed by atoms with E-state index >= 15 is 0 Å². The lowest BCUT2D eigenvalue weighted by molar-refractivity contribution is -0.394. The molecular weight excluding hydrogens is 461 g/mol. The number of hydrogen-bond donors (Lipinski definition) is 1. The molecule has 1 N–H and O–H groups in total. The van der Waals surface area contributed by atoms with Crippen molar-refractivity contribution in [2.45, 2.75) is 12.8 Å². The van der Waals surface area contributed by atoms with Crippen molar-refractivity contribution in [2.24, 2.45) is 0 Å². The summed E-state index contributed by atoms with van der Waals surface area (Å²) in [4.78, 5) is 32.7. The molecule has 0 atom stereocenters. The molecule has 3 aromatic rings. The lowest BCUT2D eigenvalue weighted by atomic mass is 10.1. The Balaban J connectivity index is 1.62. The number of benzene rings is 3. The van der Waals surface area contributed by atoms with E-state index in [1.54, 1.807) is 42.5 Å². The highest BCUT2D eigenvalue weighted by atomic mass is 35.5. The molecule has 1 amide bonds. The van der Waals surface area contributed by atoms with Gasteiger partial charge in [0.2, 0.25) is 5.91 Å². The first-order valence-corrected chi connectivity index (χ1v) is 9.93. The third kappa shape index (κ3) is 5.93. The Hall–Kier alpha value is -3.69. The van der Waals surface area contributed by atoms with Gasteiger partial charge in [-0.1, -0.05) is 41.4 Å². The summed E-state index contributed by atoms with van der Waals surface area (Å²) in [5, 5.41) is 25.3. The highest BCUT2D eigenvalue weighted by molar-refractivity contribution is 6.43. The Morgan fingerprint density at radius 1 is 0.906 bits per heavy atom. The number of halogens is 2. The highest BCUT2D eigenvalue weighted by Crippen LogP contribution is 2.31. The van der Waals surface area contributed by atoms with E-state index in [1.165, 1.54) is 0 Å². The lowest BCUT2D eigenvalue weighted by Gasteiger charge is -2.09. The quantitative estimate of drug-likeness (QED) is 0.306. The molecule has 0 saturated heterocycles. The molecule has 0 aromatic heterocycles. The monoisotopic (exact) mass is 475 g/mol. The van der Waals surface area contributed by atoms with Crippen LogP contribution in [-0.2, 0) is 11.2 Å². The summed E-state index contributed by atoms with van der Waals surface area (Å²) in [7, 11) is 0. The van der Waals surface area contributed by atoms with E-state index in [2.05, 4.69) is 5.32 Å². The number of amides is 1. The molecule has 3 aromatic carbocycles. The standard InChI is InChI=1S/C21H15Cl2N3O6/c22-18-2-1-3-19(21(18)23)24-20(27)9-6-13-4-7-16(8-5-13)32-17-11-14(25(28)29)10-15(12-17)26(30)31/h1-5,7-8,10-12H,6,9H2,(H,24,27). The third-order valence-electron chi connectivity index (χ3n) is 4.32. The molecule has 32 heavy (non-hydrogen) atoms. The first-order chi connectivity index (χ1) is 15.2. The Labute approximate surface area is 191 Å². The summed E-state index contributed by atoms with van der Waals surface area (Å²) in [5.74, 6) is 0.0635. The van der Waals surface area contributed by atoms with E-state index in [0.717, 1.165) is 23.8 Å². The molecule has 0 fully saturated rings. The van der Waals surface area contributed by atoms with Gasteiger partial charge < -0.3 is 10.1 Å². The maximum Gasteiger partial charge on any atom is 0.280 e. The predicted molar refractivity (Wildman–Crippen MR) is 120 cm³/mol. The van der Waals surface area contributed by atoms with Gasteiger partial charge in [-0.3, -0.25) is 25.0 Å². The number of aryl methyl sites for hydroxylation is 1. The number of rotatable bonds is 8. The van der Waals surface area contributed by atoms with E-state index in [4.69, 9.17) is 27.9 Å². The summed E-state index contributed by atoms with van der Waals surface area (Å²) < 4.78 is 5.53. The van der Waals surface area contributed by atoms with Crippen molar-refractivity contribution in [1.82, 2.24) is 0 Å². The molecule has 0 unspecified atom stereocenters. The zero-order valence-electron chi connectivity index (χ0n) is 16.3. The Morgan fingerprint density at radius 2 is 1.53 bits per heavy atom. The molecule has 0 aliphatic carbocycles. The number of anilines is 1. The fourth-order valence-electron chi connectivity index (χ4n) is 2.77. The molecule has 9 nitrogen and oxygen atoms in total. The van der Waals surface area contributed by atoms with Gasteiger partial charge >= 0.3 is 0 Å². The number of carbonyl (C=O) groups is 1. The zero-order valence-corrected chi connectivity index (χ0v) is 17.8. The Morgan fingerprint density at radius 3 is 2.12 bits per heavy atom. The average Bonchev–Trinajstić information content (AvgIpc) is 2.76. The predicted octanol–water partition coefficient (Wildman–Crippen LogP) is 6.17. The van der Waals surface area contributed by atoms with Crippen molar-refractivity contribution < 1.29 is 19.4 Å². The summed E-state index contributed by atoms with van der Waals surface area (Å²) >= 11 is 12.0. The van der Waals surface area contributed by atoms with Crippen LogP contribution in [0.25, 0.3) is 0 Å². The summed E-state index contributed by atoms with van der Waals surface area (Å²) in [6, 6.07) is 14.7. The van der Waals surface area contributed by atoms with Crippen LogP contribution in [0.5, 0.6) is 11.5 Å². The minimum atomic E-state index is -0.732. The molecule has 0 heterocycles. The summed E-state index contributed by atoms with van der Waals surface area (Å²) in [6.07, 6.45) is 0.632. The van der Waals surface area contributed by atoms with Gasteiger partial charge in [0.15, 0.2) is 0 Å². The van der Waals surface area contributed by atoms with Crippen molar-refractivity contribution in [1.29, 1.82) is 0 Å². The van der Waals surface area contributed by atoms with Crippen molar-refractivity contribution in [2.75, 3.05) is 5.32 Å². The topological polar surface area (TPSA) is 125 Å². The number of non-ortho nitro benzene ring substituents is 2. The largest absolute Gasteiger partial charge is 0.457 e. The molecule has 164 valence electrons. The molecule has 11 heteroatoms. The summed E-state index contributed by atoms with van der Waals surface area (Å²) in [5.41, 5.74) is 0.377. The molecule has 0 saturated carbocycles. The number of carbonyl (C=O) groups excluding carboxylic acids is 1. The van der Waals surface area contributed by atoms with Crippen molar-refractivity contribution in [3.05, 3.63) is 96.5 Å². The maximum atomic E-state index is 12.2. The normalized spacial score (nSPS) is 10.4. The highest BCUT2D eigenvalue weighted by Gasteiger charge is 2.17. The Bertz CT molecular complexity index is 1150. The van der Waals surface area contributed by atoms with Crippen LogP contribution in [0.1, 0.15) is 12.0 Å². The maximum absolute atomic E-state index is 12.2. The van der Waals surface area contributed by atoms with Gasteiger partial charge in [0.1, 0.15) is 11.5 Å². The number of nitrogens with zero attached hydrogens (tertiary/aromatic N) is 2. The summed E-state index contributed by atoms with van der Waals surface area (Å²) in [6.45, 7) is 0. The van der Waals surface area contributed by atoms with Crippen LogP contribution in [0.3, 0.4) is 0 Å². The van der Waals surface area contributed by atoms with Gasteiger partial charge in [-0.05, 0) is 36.2 Å². The van der Waals surface area contributed by atoms with Crippen LogP contribution in [-0.4, -0.2) is 15.8 Å². The van der Waals surface area contributed by atoms with Crippen molar-refractivity contribution in [3.63, 3.8) is 0 Å². The van der Waals surface area contributed by atoms with Crippen LogP contribution < -0.4 is 10.1 Å². The fourth-order valence-corrected chi connectivity index (χ4v) is 3.12. The number of nitro groups is 2. The zero-order chi connectivity index (χ0) is 23.3. The van der Waals surface area contributed by atoms with Gasteiger partial charge in [0.05, 0.1) is 43.8 Å². The molecule has 0 radical (unpaired) electrons.